The molecule has 0 radical (unpaired) electrons. The normalized spacial score (nSPS) is 24.6. The van der Waals surface area contributed by atoms with Crippen molar-refractivity contribution in [2.45, 2.75) is 45.2 Å². The maximum atomic E-state index is 12.3. The number of nitrogens with zero attached hydrogens (tertiary/aromatic N) is 1. The Bertz CT molecular complexity index is 400. The highest BCUT2D eigenvalue weighted by Crippen LogP contribution is 2.26. The molecule has 0 bridgehead atoms. The van der Waals surface area contributed by atoms with Crippen LogP contribution in [0.25, 0.3) is 0 Å². The quantitative estimate of drug-likeness (QED) is 0.815. The Morgan fingerprint density at radius 2 is 2.00 bits per heavy atom. The Labute approximate surface area is 122 Å². The molecule has 5 nitrogen and oxygen atoms in total. The van der Waals surface area contributed by atoms with Gasteiger partial charge in [-0.15, -0.1) is 12.4 Å². The number of sulfone groups is 1. The summed E-state index contributed by atoms with van der Waals surface area (Å²) in [4.78, 5) is 14.0. The second-order valence-electron chi connectivity index (χ2n) is 5.34. The van der Waals surface area contributed by atoms with Crippen molar-refractivity contribution in [1.29, 1.82) is 0 Å². The van der Waals surface area contributed by atoms with Crippen molar-refractivity contribution < 1.29 is 13.2 Å². The van der Waals surface area contributed by atoms with Gasteiger partial charge >= 0.3 is 0 Å². The monoisotopic (exact) mass is 312 g/mol. The lowest BCUT2D eigenvalue weighted by Crippen LogP contribution is -2.44. The largest absolute Gasteiger partial charge is 0.339 e. The molecule has 0 heterocycles. The van der Waals surface area contributed by atoms with E-state index in [1.54, 1.807) is 11.8 Å². The first kappa shape index (κ1) is 18.7. The number of nitrogens with two attached hydrogens (primary N) is 1. The predicted octanol–water partition coefficient (Wildman–Crippen LogP) is 0.817. The van der Waals surface area contributed by atoms with Crippen molar-refractivity contribution in [3.05, 3.63) is 0 Å². The highest BCUT2D eigenvalue weighted by molar-refractivity contribution is 7.90. The number of carbonyl (C=O) groups is 1. The Kier molecular flexibility index (Phi) is 7.32. The molecule has 3 unspecified atom stereocenters. The van der Waals surface area contributed by atoms with E-state index >= 15 is 0 Å². The van der Waals surface area contributed by atoms with Gasteiger partial charge < -0.3 is 10.6 Å². The minimum atomic E-state index is -3.06. The second-order valence-corrected chi connectivity index (χ2v) is 7.52. The van der Waals surface area contributed by atoms with Crippen LogP contribution in [0.15, 0.2) is 0 Å². The van der Waals surface area contributed by atoms with Gasteiger partial charge in [0.1, 0.15) is 9.84 Å². The van der Waals surface area contributed by atoms with E-state index in [1.165, 1.54) is 6.26 Å². The van der Waals surface area contributed by atoms with Crippen molar-refractivity contribution in [2.75, 3.05) is 18.6 Å². The van der Waals surface area contributed by atoms with E-state index in [-0.39, 0.29) is 42.1 Å². The summed E-state index contributed by atoms with van der Waals surface area (Å²) in [7, 11) is -3.06. The molecule has 1 fully saturated rings. The maximum absolute atomic E-state index is 12.3. The van der Waals surface area contributed by atoms with E-state index in [9.17, 15) is 13.2 Å². The lowest BCUT2D eigenvalue weighted by atomic mass is 10.1. The predicted molar refractivity (Wildman–Crippen MR) is 79.1 cm³/mol. The van der Waals surface area contributed by atoms with Gasteiger partial charge in [0, 0.05) is 30.8 Å². The molecule has 0 aromatic carbocycles. The van der Waals surface area contributed by atoms with Crippen molar-refractivity contribution in [3.63, 3.8) is 0 Å². The summed E-state index contributed by atoms with van der Waals surface area (Å²) in [5.74, 6) is 0.0503. The second kappa shape index (κ2) is 7.45. The summed E-state index contributed by atoms with van der Waals surface area (Å²) in [6.45, 7) is 4.21. The number of hydrogen-bond donors (Lipinski definition) is 1. The number of rotatable bonds is 5. The van der Waals surface area contributed by atoms with Gasteiger partial charge in [-0.25, -0.2) is 8.42 Å². The van der Waals surface area contributed by atoms with Crippen molar-refractivity contribution in [2.24, 2.45) is 11.7 Å². The molecule has 114 valence electrons. The summed E-state index contributed by atoms with van der Waals surface area (Å²) >= 11 is 0. The van der Waals surface area contributed by atoms with Gasteiger partial charge in [0.25, 0.3) is 0 Å². The lowest BCUT2D eigenvalue weighted by Gasteiger charge is -2.30. The summed E-state index contributed by atoms with van der Waals surface area (Å²) in [6, 6.07) is -0.155. The highest BCUT2D eigenvalue weighted by atomic mass is 35.5. The molecule has 1 rings (SSSR count). The molecule has 0 aromatic rings. The van der Waals surface area contributed by atoms with E-state index in [0.29, 0.717) is 6.54 Å². The van der Waals surface area contributed by atoms with Crippen LogP contribution in [0, 0.1) is 5.92 Å². The zero-order valence-corrected chi connectivity index (χ0v) is 13.5. The Hall–Kier alpha value is -0.330. The van der Waals surface area contributed by atoms with E-state index in [1.807, 2.05) is 6.92 Å². The molecule has 1 aliphatic carbocycles. The van der Waals surface area contributed by atoms with Crippen LogP contribution in [0.5, 0.6) is 0 Å². The molecule has 1 amide bonds. The number of carbonyl (C=O) groups excluding carboxylic acids is 1. The van der Waals surface area contributed by atoms with Gasteiger partial charge in [0.15, 0.2) is 0 Å². The molecule has 2 N–H and O–H groups in total. The van der Waals surface area contributed by atoms with Crippen molar-refractivity contribution in [3.8, 4) is 0 Å². The van der Waals surface area contributed by atoms with Crippen LogP contribution in [-0.2, 0) is 14.6 Å². The molecule has 0 aliphatic heterocycles. The van der Waals surface area contributed by atoms with Crippen LogP contribution in [0.4, 0.5) is 0 Å². The van der Waals surface area contributed by atoms with Gasteiger partial charge in [-0.3, -0.25) is 4.79 Å². The number of amides is 1. The first-order valence-corrected chi connectivity index (χ1v) is 8.54. The summed E-state index contributed by atoms with van der Waals surface area (Å²) in [5.41, 5.74) is 5.82. The fourth-order valence-corrected chi connectivity index (χ4v) is 3.74. The van der Waals surface area contributed by atoms with E-state index in [2.05, 4.69) is 0 Å². The molecule has 0 aromatic heterocycles. The van der Waals surface area contributed by atoms with Crippen LogP contribution in [0.1, 0.15) is 33.1 Å². The van der Waals surface area contributed by atoms with Crippen LogP contribution in [0.2, 0.25) is 0 Å². The van der Waals surface area contributed by atoms with Gasteiger partial charge in [-0.05, 0) is 33.1 Å². The molecular formula is C12H25ClN2O3S. The van der Waals surface area contributed by atoms with E-state index in [0.717, 1.165) is 19.3 Å². The third kappa shape index (κ3) is 5.67. The van der Waals surface area contributed by atoms with Gasteiger partial charge in [0.2, 0.25) is 5.91 Å². The van der Waals surface area contributed by atoms with Gasteiger partial charge in [-0.1, -0.05) is 0 Å². The topological polar surface area (TPSA) is 80.5 Å². The van der Waals surface area contributed by atoms with E-state index in [4.69, 9.17) is 5.73 Å². The van der Waals surface area contributed by atoms with Crippen molar-refractivity contribution >= 4 is 28.2 Å². The average Bonchev–Trinajstić information content (AvgIpc) is 2.63. The first-order valence-electron chi connectivity index (χ1n) is 6.48. The first-order chi connectivity index (χ1) is 8.24. The fourth-order valence-electron chi connectivity index (χ4n) is 2.69. The van der Waals surface area contributed by atoms with Crippen molar-refractivity contribution in [1.82, 2.24) is 4.90 Å². The minimum Gasteiger partial charge on any atom is -0.339 e. The van der Waals surface area contributed by atoms with Crippen LogP contribution < -0.4 is 5.73 Å². The Morgan fingerprint density at radius 1 is 1.42 bits per heavy atom. The molecule has 1 aliphatic rings. The highest BCUT2D eigenvalue weighted by Gasteiger charge is 2.32. The zero-order valence-electron chi connectivity index (χ0n) is 11.8. The third-order valence-corrected chi connectivity index (χ3v) is 4.61. The minimum absolute atomic E-state index is 0. The van der Waals surface area contributed by atoms with Crippen LogP contribution >= 0.6 is 12.4 Å². The maximum Gasteiger partial charge on any atom is 0.226 e. The number of hydrogen-bond acceptors (Lipinski definition) is 4. The average molecular weight is 313 g/mol. The zero-order chi connectivity index (χ0) is 13.9. The standard InChI is InChI=1S/C12H24N2O3S.ClH/c1-4-14(9(2)8-18(3,16)17)12(15)10-5-6-11(13)7-10;/h9-11H,4-8,13H2,1-3H3;1H. The van der Waals surface area contributed by atoms with Crippen LogP contribution in [-0.4, -0.2) is 49.9 Å². The molecular weight excluding hydrogens is 288 g/mol. The van der Waals surface area contributed by atoms with Gasteiger partial charge in [0.05, 0.1) is 5.75 Å². The Morgan fingerprint density at radius 3 is 2.37 bits per heavy atom. The molecule has 0 spiro atoms. The van der Waals surface area contributed by atoms with Gasteiger partial charge in [-0.2, -0.15) is 0 Å². The van der Waals surface area contributed by atoms with Crippen LogP contribution in [0.3, 0.4) is 0 Å². The number of halogens is 1. The lowest BCUT2D eigenvalue weighted by molar-refractivity contribution is -0.136. The smallest absolute Gasteiger partial charge is 0.226 e. The Balaban J connectivity index is 0.00000324. The third-order valence-electron chi connectivity index (χ3n) is 3.52. The fraction of sp³-hybridized carbons (Fsp3) is 0.917. The molecule has 19 heavy (non-hydrogen) atoms. The van der Waals surface area contributed by atoms with E-state index < -0.39 is 9.84 Å². The molecule has 0 saturated heterocycles. The SMILES string of the molecule is CCN(C(=O)C1CCC(N)C1)C(C)CS(C)(=O)=O.Cl. The molecule has 7 heteroatoms. The summed E-state index contributed by atoms with van der Waals surface area (Å²) in [6.07, 6.45) is 3.63. The molecule has 3 atom stereocenters. The summed E-state index contributed by atoms with van der Waals surface area (Å²) in [5, 5.41) is 0. The summed E-state index contributed by atoms with van der Waals surface area (Å²) < 4.78 is 22.6. The molecule has 1 saturated carbocycles.